The number of methoxy groups -OCH3 is 1. The maximum Gasteiger partial charge on any atom is 0.324 e. The van der Waals surface area contributed by atoms with Crippen molar-refractivity contribution in [3.63, 3.8) is 0 Å². The van der Waals surface area contributed by atoms with Gasteiger partial charge in [0, 0.05) is 20.1 Å². The first-order chi connectivity index (χ1) is 11.7. The van der Waals surface area contributed by atoms with Crippen LogP contribution < -0.4 is 10.1 Å². The van der Waals surface area contributed by atoms with Gasteiger partial charge in [0.1, 0.15) is 11.3 Å². The number of rotatable bonds is 3. The molecule has 25 heavy (non-hydrogen) atoms. The van der Waals surface area contributed by atoms with Crippen LogP contribution >= 0.6 is 0 Å². The molecule has 1 spiro atoms. The molecule has 2 aliphatic rings. The van der Waals surface area contributed by atoms with E-state index in [2.05, 4.69) is 5.32 Å². The van der Waals surface area contributed by atoms with Gasteiger partial charge in [-0.25, -0.2) is 13.2 Å². The average molecular weight is 367 g/mol. The predicted octanol–water partition coefficient (Wildman–Crippen LogP) is 0.709. The second-order valence-electron chi connectivity index (χ2n) is 6.41. The third-order valence-corrected chi connectivity index (χ3v) is 6.84. The Morgan fingerprint density at radius 3 is 2.32 bits per heavy atom. The molecule has 2 fully saturated rings. The third kappa shape index (κ3) is 2.77. The Hall–Kier alpha value is -2.13. The van der Waals surface area contributed by atoms with Gasteiger partial charge in [-0.2, -0.15) is 4.31 Å². The number of nitrogens with zero attached hydrogens (tertiary/aromatic N) is 2. The Bertz CT molecular complexity index is 828. The first kappa shape index (κ1) is 17.7. The molecule has 3 amide bonds. The van der Waals surface area contributed by atoms with Gasteiger partial charge in [-0.05, 0) is 43.5 Å². The zero-order valence-electron chi connectivity index (χ0n) is 14.4. The summed E-state index contributed by atoms with van der Waals surface area (Å²) in [5.41, 5.74) is -0.245. The number of amides is 3. The van der Waals surface area contributed by atoms with Crippen molar-refractivity contribution >= 4 is 22.0 Å². The van der Waals surface area contributed by atoms with Crippen LogP contribution in [0.5, 0.6) is 5.75 Å². The van der Waals surface area contributed by atoms with Gasteiger partial charge in [0.15, 0.2) is 0 Å². The summed E-state index contributed by atoms with van der Waals surface area (Å²) in [6.07, 6.45) is 0.520. The van der Waals surface area contributed by atoms with E-state index in [1.807, 2.05) is 0 Å². The minimum Gasteiger partial charge on any atom is -0.496 e. The molecule has 0 radical (unpaired) electrons. The summed E-state index contributed by atoms with van der Waals surface area (Å²) >= 11 is 0. The maximum atomic E-state index is 12.9. The number of ether oxygens (including phenoxy) is 1. The van der Waals surface area contributed by atoms with E-state index in [1.165, 1.54) is 24.5 Å². The van der Waals surface area contributed by atoms with Crippen molar-refractivity contribution in [3.8, 4) is 5.75 Å². The molecule has 9 heteroatoms. The quantitative estimate of drug-likeness (QED) is 0.794. The Balaban J connectivity index is 1.79. The highest BCUT2D eigenvalue weighted by Gasteiger charge is 2.52. The fourth-order valence-electron chi connectivity index (χ4n) is 3.36. The Labute approximate surface area is 146 Å². The molecule has 0 aromatic heterocycles. The van der Waals surface area contributed by atoms with Gasteiger partial charge < -0.3 is 10.1 Å². The van der Waals surface area contributed by atoms with E-state index in [-0.39, 0.29) is 36.7 Å². The van der Waals surface area contributed by atoms with Crippen molar-refractivity contribution in [3.05, 3.63) is 23.8 Å². The summed E-state index contributed by atoms with van der Waals surface area (Å²) in [6.45, 7) is 2.13. The number of nitrogens with one attached hydrogen (secondary N) is 1. The van der Waals surface area contributed by atoms with Crippen molar-refractivity contribution in [2.75, 3.05) is 27.2 Å². The summed E-state index contributed by atoms with van der Waals surface area (Å²) in [6, 6.07) is 4.28. The Kier molecular flexibility index (Phi) is 4.24. The topological polar surface area (TPSA) is 96.0 Å². The van der Waals surface area contributed by atoms with Gasteiger partial charge in [0.2, 0.25) is 10.0 Å². The van der Waals surface area contributed by atoms with Crippen LogP contribution in [0.25, 0.3) is 0 Å². The van der Waals surface area contributed by atoms with E-state index in [1.54, 1.807) is 19.1 Å². The highest BCUT2D eigenvalue weighted by atomic mass is 32.2. The molecule has 2 saturated heterocycles. The molecule has 1 N–H and O–H groups in total. The van der Waals surface area contributed by atoms with Crippen molar-refractivity contribution in [1.82, 2.24) is 14.5 Å². The second-order valence-corrected chi connectivity index (χ2v) is 8.35. The summed E-state index contributed by atoms with van der Waals surface area (Å²) in [5.74, 6) is 0.327. The molecule has 0 bridgehead atoms. The molecule has 1 aromatic carbocycles. The van der Waals surface area contributed by atoms with Crippen molar-refractivity contribution in [1.29, 1.82) is 0 Å². The zero-order chi connectivity index (χ0) is 18.4. The molecule has 1 aromatic rings. The normalized spacial score (nSPS) is 20.8. The second kappa shape index (κ2) is 5.99. The predicted molar refractivity (Wildman–Crippen MR) is 89.8 cm³/mol. The molecule has 2 heterocycles. The average Bonchev–Trinajstić information content (AvgIpc) is 2.79. The highest BCUT2D eigenvalue weighted by molar-refractivity contribution is 7.89. The van der Waals surface area contributed by atoms with E-state index in [0.29, 0.717) is 5.75 Å². The maximum absolute atomic E-state index is 12.9. The molecule has 0 unspecified atom stereocenters. The number of piperidine rings is 1. The summed E-state index contributed by atoms with van der Waals surface area (Å²) in [7, 11) is -0.702. The van der Waals surface area contributed by atoms with Gasteiger partial charge in [-0.1, -0.05) is 0 Å². The number of carbonyl (C=O) groups is 2. The fraction of sp³-hybridized carbons (Fsp3) is 0.500. The Morgan fingerprint density at radius 1 is 1.20 bits per heavy atom. The first-order valence-corrected chi connectivity index (χ1v) is 9.40. The Morgan fingerprint density at radius 2 is 1.84 bits per heavy atom. The standard InChI is InChI=1S/C16H21N3O5S/c1-11-10-12(4-5-13(11)24-3)25(22,23)19-8-6-16(7-9-19)14(20)18(2)15(21)17-16/h4-5,10H,6-9H2,1-3H3,(H,17,21). The monoisotopic (exact) mass is 367 g/mol. The molecule has 2 aliphatic heterocycles. The molecule has 0 aliphatic carbocycles. The van der Waals surface area contributed by atoms with Crippen LogP contribution in [0.2, 0.25) is 0 Å². The van der Waals surface area contributed by atoms with Gasteiger partial charge in [-0.15, -0.1) is 0 Å². The third-order valence-electron chi connectivity index (χ3n) is 4.94. The number of aryl methyl sites for hydroxylation is 1. The van der Waals surface area contributed by atoms with E-state index >= 15 is 0 Å². The summed E-state index contributed by atoms with van der Waals surface area (Å²) in [4.78, 5) is 25.2. The number of hydrogen-bond acceptors (Lipinski definition) is 5. The molecule has 0 saturated carbocycles. The van der Waals surface area contributed by atoms with Gasteiger partial charge in [-0.3, -0.25) is 9.69 Å². The van der Waals surface area contributed by atoms with E-state index in [9.17, 15) is 18.0 Å². The van der Waals surface area contributed by atoms with E-state index < -0.39 is 21.6 Å². The molecule has 0 atom stereocenters. The summed E-state index contributed by atoms with van der Waals surface area (Å²) in [5, 5.41) is 2.70. The largest absolute Gasteiger partial charge is 0.496 e. The summed E-state index contributed by atoms with van der Waals surface area (Å²) < 4.78 is 32.2. The smallest absolute Gasteiger partial charge is 0.324 e. The molecular weight excluding hydrogens is 346 g/mol. The van der Waals surface area contributed by atoms with Crippen LogP contribution in [0.3, 0.4) is 0 Å². The lowest BCUT2D eigenvalue weighted by molar-refractivity contribution is -0.131. The van der Waals surface area contributed by atoms with Gasteiger partial charge in [0.25, 0.3) is 5.91 Å². The van der Waals surface area contributed by atoms with Crippen molar-refractivity contribution in [2.24, 2.45) is 0 Å². The van der Waals surface area contributed by atoms with Gasteiger partial charge >= 0.3 is 6.03 Å². The lowest BCUT2D eigenvalue weighted by atomic mass is 9.88. The minimum atomic E-state index is -3.66. The number of imide groups is 1. The number of benzene rings is 1. The zero-order valence-corrected chi connectivity index (χ0v) is 15.2. The van der Waals surface area contributed by atoms with Crippen LogP contribution in [0.1, 0.15) is 18.4 Å². The molecule has 8 nitrogen and oxygen atoms in total. The highest BCUT2D eigenvalue weighted by Crippen LogP contribution is 2.32. The minimum absolute atomic E-state index is 0.174. The van der Waals surface area contributed by atoms with Crippen LogP contribution in [0.4, 0.5) is 4.79 Å². The van der Waals surface area contributed by atoms with Gasteiger partial charge in [0.05, 0.1) is 12.0 Å². The number of hydrogen-bond donors (Lipinski definition) is 1. The van der Waals surface area contributed by atoms with E-state index in [0.717, 1.165) is 10.5 Å². The first-order valence-electron chi connectivity index (χ1n) is 7.96. The lowest BCUT2D eigenvalue weighted by Gasteiger charge is -2.36. The number of carbonyl (C=O) groups excluding carboxylic acids is 2. The number of likely N-dealkylation sites (N-methyl/N-ethyl adjacent to an activating group) is 1. The molecular formula is C16H21N3O5S. The van der Waals surface area contributed by atoms with Crippen LogP contribution in [0.15, 0.2) is 23.1 Å². The number of urea groups is 1. The lowest BCUT2D eigenvalue weighted by Crippen LogP contribution is -2.55. The van der Waals surface area contributed by atoms with Crippen LogP contribution in [0, 0.1) is 6.92 Å². The SMILES string of the molecule is COc1ccc(S(=O)(=O)N2CCC3(CC2)NC(=O)N(C)C3=O)cc1C. The van der Waals surface area contributed by atoms with E-state index in [4.69, 9.17) is 4.74 Å². The van der Waals surface area contributed by atoms with Crippen LogP contribution in [-0.4, -0.2) is 62.3 Å². The fourth-order valence-corrected chi connectivity index (χ4v) is 4.89. The molecule has 136 valence electrons. The molecule has 3 rings (SSSR count). The van der Waals surface area contributed by atoms with Crippen LogP contribution in [-0.2, 0) is 14.8 Å². The van der Waals surface area contributed by atoms with Crippen molar-refractivity contribution in [2.45, 2.75) is 30.2 Å². The van der Waals surface area contributed by atoms with Crippen molar-refractivity contribution < 1.29 is 22.7 Å². The number of sulfonamides is 1.